The molecule has 0 N–H and O–H groups in total. The molecule has 0 radical (unpaired) electrons. The summed E-state index contributed by atoms with van der Waals surface area (Å²) in [5, 5.41) is 16.0. The summed E-state index contributed by atoms with van der Waals surface area (Å²) in [7, 11) is 0. The summed E-state index contributed by atoms with van der Waals surface area (Å²) in [5.74, 6) is -0.0923. The first-order valence-corrected chi connectivity index (χ1v) is 9.81. The fourth-order valence-corrected chi connectivity index (χ4v) is 3.71. The van der Waals surface area contributed by atoms with E-state index in [0.717, 1.165) is 32.4 Å². The smallest absolute Gasteiger partial charge is 0.272 e. The maximum absolute atomic E-state index is 13.2. The molecule has 1 aromatic heterocycles. The number of carbonyl (C=O) groups excluding carboxylic acids is 1. The number of benzene rings is 2. The molecule has 0 unspecified atom stereocenters. The van der Waals surface area contributed by atoms with Gasteiger partial charge in [-0.3, -0.25) is 14.9 Å². The largest absolute Gasteiger partial charge is 0.337 e. The first kappa shape index (κ1) is 19.1. The van der Waals surface area contributed by atoms with Crippen LogP contribution >= 0.6 is 11.6 Å². The Hall–Kier alpha value is -3.19. The van der Waals surface area contributed by atoms with Crippen molar-refractivity contribution in [3.8, 4) is 16.9 Å². The molecule has 1 fully saturated rings. The molecule has 0 atom stereocenters. The lowest BCUT2D eigenvalue weighted by atomic mass is 10.1. The van der Waals surface area contributed by atoms with Crippen LogP contribution in [-0.4, -0.2) is 38.6 Å². The number of aromatic nitrogens is 2. The molecule has 8 heteroatoms. The van der Waals surface area contributed by atoms with Gasteiger partial charge in [-0.1, -0.05) is 23.7 Å². The Kier molecular flexibility index (Phi) is 5.31. The van der Waals surface area contributed by atoms with Crippen molar-refractivity contribution in [1.82, 2.24) is 14.7 Å². The second-order valence-electron chi connectivity index (χ2n) is 6.93. The van der Waals surface area contributed by atoms with Crippen molar-refractivity contribution in [1.29, 1.82) is 0 Å². The van der Waals surface area contributed by atoms with Gasteiger partial charge in [0.2, 0.25) is 0 Å². The number of nitrogens with zero attached hydrogens (tertiary/aromatic N) is 4. The van der Waals surface area contributed by atoms with Crippen molar-refractivity contribution >= 4 is 23.2 Å². The summed E-state index contributed by atoms with van der Waals surface area (Å²) in [6, 6.07) is 15.1. The summed E-state index contributed by atoms with van der Waals surface area (Å²) >= 11 is 6.37. The second-order valence-corrected chi connectivity index (χ2v) is 7.34. The number of halogens is 1. The Morgan fingerprint density at radius 2 is 1.72 bits per heavy atom. The molecule has 0 bridgehead atoms. The maximum atomic E-state index is 13.2. The minimum absolute atomic E-state index is 0.00361. The number of nitro benzene ring substituents is 1. The van der Waals surface area contributed by atoms with Crippen LogP contribution < -0.4 is 0 Å². The molecule has 3 aromatic rings. The monoisotopic (exact) mass is 410 g/mol. The van der Waals surface area contributed by atoms with E-state index >= 15 is 0 Å². The first-order chi connectivity index (χ1) is 14.0. The highest BCUT2D eigenvalue weighted by atomic mass is 35.5. The molecule has 7 nitrogen and oxygen atoms in total. The van der Waals surface area contributed by atoms with E-state index in [-0.39, 0.29) is 11.6 Å². The van der Waals surface area contributed by atoms with Crippen molar-refractivity contribution in [2.75, 3.05) is 13.1 Å². The number of rotatable bonds is 4. The quantitative estimate of drug-likeness (QED) is 0.460. The highest BCUT2D eigenvalue weighted by molar-refractivity contribution is 6.32. The molecule has 4 rings (SSSR count). The zero-order chi connectivity index (χ0) is 20.4. The topological polar surface area (TPSA) is 81.3 Å². The van der Waals surface area contributed by atoms with Gasteiger partial charge in [0.1, 0.15) is 5.69 Å². The number of piperidine rings is 1. The van der Waals surface area contributed by atoms with E-state index in [1.165, 1.54) is 12.1 Å². The van der Waals surface area contributed by atoms with Gasteiger partial charge in [0.25, 0.3) is 11.6 Å². The summed E-state index contributed by atoms with van der Waals surface area (Å²) < 4.78 is 1.57. The van der Waals surface area contributed by atoms with Crippen molar-refractivity contribution in [2.45, 2.75) is 19.3 Å². The number of carbonyl (C=O) groups is 1. The number of hydrogen-bond acceptors (Lipinski definition) is 4. The van der Waals surface area contributed by atoms with Crippen LogP contribution in [0.4, 0.5) is 5.69 Å². The maximum Gasteiger partial charge on any atom is 0.272 e. The molecular weight excluding hydrogens is 392 g/mol. The van der Waals surface area contributed by atoms with Crippen LogP contribution in [0.15, 0.2) is 54.6 Å². The lowest BCUT2D eigenvalue weighted by molar-refractivity contribution is -0.384. The average Bonchev–Trinajstić information content (AvgIpc) is 3.19. The Labute approximate surface area is 172 Å². The van der Waals surface area contributed by atoms with Crippen LogP contribution in [-0.2, 0) is 0 Å². The highest BCUT2D eigenvalue weighted by Gasteiger charge is 2.25. The van der Waals surface area contributed by atoms with E-state index in [0.29, 0.717) is 27.7 Å². The number of para-hydroxylation sites is 1. The van der Waals surface area contributed by atoms with Crippen molar-refractivity contribution in [3.63, 3.8) is 0 Å². The molecule has 1 amide bonds. The lowest BCUT2D eigenvalue weighted by Gasteiger charge is -2.26. The van der Waals surface area contributed by atoms with Gasteiger partial charge in [-0.25, -0.2) is 4.68 Å². The van der Waals surface area contributed by atoms with E-state index < -0.39 is 4.92 Å². The van der Waals surface area contributed by atoms with Gasteiger partial charge in [0, 0.05) is 30.8 Å². The first-order valence-electron chi connectivity index (χ1n) is 9.43. The van der Waals surface area contributed by atoms with Gasteiger partial charge >= 0.3 is 0 Å². The SMILES string of the molecule is O=C(c1cc(-c2ccc([N+](=O)[O-])cc2)nn1-c1ccccc1Cl)N1CCCCC1. The van der Waals surface area contributed by atoms with E-state index in [4.69, 9.17) is 11.6 Å². The Bertz CT molecular complexity index is 1060. The standard InChI is InChI=1S/C21H19ClN4O3/c22-17-6-2-3-7-19(17)25-20(21(27)24-12-4-1-5-13-24)14-18(23-25)15-8-10-16(11-9-15)26(28)29/h2-3,6-11,14H,1,4-5,12-13H2. The Morgan fingerprint density at radius 1 is 1.03 bits per heavy atom. The molecule has 2 aromatic carbocycles. The zero-order valence-electron chi connectivity index (χ0n) is 15.6. The van der Waals surface area contributed by atoms with Gasteiger partial charge in [0.15, 0.2) is 0 Å². The van der Waals surface area contributed by atoms with Crippen LogP contribution in [0.2, 0.25) is 5.02 Å². The van der Waals surface area contributed by atoms with Crippen LogP contribution in [0.25, 0.3) is 16.9 Å². The summed E-state index contributed by atoms with van der Waals surface area (Å²) in [4.78, 5) is 25.5. The molecule has 148 valence electrons. The number of nitro groups is 1. The third-order valence-corrected chi connectivity index (χ3v) is 5.35. The minimum atomic E-state index is -0.447. The molecule has 1 aliphatic rings. The molecule has 0 aliphatic carbocycles. The van der Waals surface area contributed by atoms with Crippen LogP contribution in [0.3, 0.4) is 0 Å². The zero-order valence-corrected chi connectivity index (χ0v) is 16.4. The molecule has 1 saturated heterocycles. The predicted octanol–water partition coefficient (Wildman–Crippen LogP) is 4.73. The molecule has 29 heavy (non-hydrogen) atoms. The number of likely N-dealkylation sites (tertiary alicyclic amines) is 1. The van der Waals surface area contributed by atoms with Gasteiger partial charge in [-0.2, -0.15) is 5.10 Å². The minimum Gasteiger partial charge on any atom is -0.337 e. The van der Waals surface area contributed by atoms with E-state index in [2.05, 4.69) is 5.10 Å². The third-order valence-electron chi connectivity index (χ3n) is 5.03. The van der Waals surface area contributed by atoms with Gasteiger partial charge < -0.3 is 4.90 Å². The van der Waals surface area contributed by atoms with Crippen molar-refractivity contribution < 1.29 is 9.72 Å². The van der Waals surface area contributed by atoms with E-state index in [1.54, 1.807) is 28.9 Å². The molecular formula is C21H19ClN4O3. The summed E-state index contributed by atoms with van der Waals surface area (Å²) in [6.45, 7) is 1.44. The average molecular weight is 411 g/mol. The summed E-state index contributed by atoms with van der Waals surface area (Å²) in [5.41, 5.74) is 2.29. The Morgan fingerprint density at radius 3 is 2.38 bits per heavy atom. The molecule has 0 spiro atoms. The van der Waals surface area contributed by atoms with E-state index in [1.807, 2.05) is 23.1 Å². The number of amides is 1. The fraction of sp³-hybridized carbons (Fsp3) is 0.238. The highest BCUT2D eigenvalue weighted by Crippen LogP contribution is 2.28. The normalized spacial score (nSPS) is 14.0. The molecule has 1 aliphatic heterocycles. The summed E-state index contributed by atoms with van der Waals surface area (Å²) in [6.07, 6.45) is 3.10. The van der Waals surface area contributed by atoms with Gasteiger partial charge in [0.05, 0.1) is 21.3 Å². The van der Waals surface area contributed by atoms with Crippen molar-refractivity contribution in [3.05, 3.63) is 75.4 Å². The van der Waals surface area contributed by atoms with Gasteiger partial charge in [-0.05, 0) is 49.6 Å². The second kappa shape index (κ2) is 8.05. The van der Waals surface area contributed by atoms with Gasteiger partial charge in [-0.15, -0.1) is 0 Å². The molecule has 2 heterocycles. The van der Waals surface area contributed by atoms with E-state index in [9.17, 15) is 14.9 Å². The van der Waals surface area contributed by atoms with Crippen LogP contribution in [0, 0.1) is 10.1 Å². The van der Waals surface area contributed by atoms with Crippen LogP contribution in [0.1, 0.15) is 29.8 Å². The molecule has 0 saturated carbocycles. The fourth-order valence-electron chi connectivity index (χ4n) is 3.49. The Balaban J connectivity index is 1.79. The predicted molar refractivity (Wildman–Crippen MR) is 110 cm³/mol. The number of hydrogen-bond donors (Lipinski definition) is 0. The lowest BCUT2D eigenvalue weighted by Crippen LogP contribution is -2.36. The van der Waals surface area contributed by atoms with Crippen LogP contribution in [0.5, 0.6) is 0 Å². The third kappa shape index (κ3) is 3.86. The van der Waals surface area contributed by atoms with Crippen molar-refractivity contribution in [2.24, 2.45) is 0 Å². The number of non-ortho nitro benzene ring substituents is 1.